The highest BCUT2D eigenvalue weighted by molar-refractivity contribution is 7.18. The van der Waals surface area contributed by atoms with Gasteiger partial charge in [-0.25, -0.2) is 9.37 Å². The molecule has 136 valence electrons. The number of nitrogens with zero attached hydrogens (tertiary/aromatic N) is 2. The summed E-state index contributed by atoms with van der Waals surface area (Å²) in [4.78, 5) is 22.6. The molecule has 0 aliphatic carbocycles. The third-order valence-corrected chi connectivity index (χ3v) is 6.45. The number of aromatic amines is 1. The summed E-state index contributed by atoms with van der Waals surface area (Å²) in [6, 6.07) is 14.5. The van der Waals surface area contributed by atoms with Crippen LogP contribution in [0.25, 0.3) is 21.1 Å². The zero-order valence-corrected chi connectivity index (χ0v) is 15.4. The van der Waals surface area contributed by atoms with Crippen LogP contribution in [0, 0.1) is 5.82 Å². The van der Waals surface area contributed by atoms with Crippen molar-refractivity contribution in [3.8, 4) is 0 Å². The normalized spacial score (nSPS) is 15.7. The standard InChI is InChI=1S/C21H18FN3OS/c22-15-5-6-16-14(11-15)12-18(23-16)21(26)25-9-7-13(8-10-25)20-24-17-3-1-2-4-19(17)27-20/h1-6,11-13,23H,7-10H2. The number of hydrogen-bond acceptors (Lipinski definition) is 3. The van der Waals surface area contributed by atoms with Crippen LogP contribution < -0.4 is 0 Å². The Kier molecular flexibility index (Phi) is 3.93. The second-order valence-electron chi connectivity index (χ2n) is 7.00. The molecule has 0 spiro atoms. The van der Waals surface area contributed by atoms with Gasteiger partial charge in [-0.3, -0.25) is 4.79 Å². The Morgan fingerprint density at radius 3 is 2.78 bits per heavy atom. The quantitative estimate of drug-likeness (QED) is 0.536. The number of piperidine rings is 1. The Hall–Kier alpha value is -2.73. The third-order valence-electron chi connectivity index (χ3n) is 5.26. The van der Waals surface area contributed by atoms with Crippen molar-refractivity contribution in [2.75, 3.05) is 13.1 Å². The van der Waals surface area contributed by atoms with Gasteiger partial charge >= 0.3 is 0 Å². The first-order valence-corrected chi connectivity index (χ1v) is 9.92. The highest BCUT2D eigenvalue weighted by Crippen LogP contribution is 2.34. The van der Waals surface area contributed by atoms with Gasteiger partial charge in [-0.15, -0.1) is 11.3 Å². The Bertz CT molecular complexity index is 1110. The van der Waals surface area contributed by atoms with E-state index >= 15 is 0 Å². The fourth-order valence-electron chi connectivity index (χ4n) is 3.78. The molecular formula is C21H18FN3OS. The fraction of sp³-hybridized carbons (Fsp3) is 0.238. The maximum absolute atomic E-state index is 13.4. The molecule has 1 saturated heterocycles. The molecule has 3 heterocycles. The lowest BCUT2D eigenvalue weighted by Crippen LogP contribution is -2.38. The van der Waals surface area contributed by atoms with Crippen LogP contribution in [-0.2, 0) is 0 Å². The molecule has 0 radical (unpaired) electrons. The van der Waals surface area contributed by atoms with E-state index in [-0.39, 0.29) is 11.7 Å². The van der Waals surface area contributed by atoms with Crippen molar-refractivity contribution >= 4 is 38.4 Å². The van der Waals surface area contributed by atoms with Crippen molar-refractivity contribution in [2.45, 2.75) is 18.8 Å². The molecule has 2 aromatic carbocycles. The first-order valence-electron chi connectivity index (χ1n) is 9.10. The molecule has 6 heteroatoms. The second-order valence-corrected chi connectivity index (χ2v) is 8.06. The largest absolute Gasteiger partial charge is 0.351 e. The summed E-state index contributed by atoms with van der Waals surface area (Å²) in [5.74, 6) is 0.0924. The van der Waals surface area contributed by atoms with Crippen LogP contribution in [0.15, 0.2) is 48.5 Å². The lowest BCUT2D eigenvalue weighted by atomic mass is 9.97. The van der Waals surface area contributed by atoms with Gasteiger partial charge in [0.1, 0.15) is 11.5 Å². The molecule has 1 N–H and O–H groups in total. The first-order chi connectivity index (χ1) is 13.2. The molecule has 4 nitrogen and oxygen atoms in total. The van der Waals surface area contributed by atoms with E-state index in [9.17, 15) is 9.18 Å². The lowest BCUT2D eigenvalue weighted by Gasteiger charge is -2.30. The van der Waals surface area contributed by atoms with E-state index in [4.69, 9.17) is 4.98 Å². The van der Waals surface area contributed by atoms with Crippen LogP contribution in [0.2, 0.25) is 0 Å². The smallest absolute Gasteiger partial charge is 0.270 e. The van der Waals surface area contributed by atoms with E-state index in [0.717, 1.165) is 29.3 Å². The average Bonchev–Trinajstić information content (AvgIpc) is 3.31. The SMILES string of the molecule is O=C(c1cc2cc(F)ccc2[nH]1)N1CCC(c2nc3ccccc3s2)CC1. The van der Waals surface area contributed by atoms with E-state index < -0.39 is 0 Å². The van der Waals surface area contributed by atoms with Crippen LogP contribution in [0.3, 0.4) is 0 Å². The number of aromatic nitrogens is 2. The molecule has 1 aliphatic heterocycles. The maximum atomic E-state index is 13.4. The zero-order chi connectivity index (χ0) is 18.4. The number of carbonyl (C=O) groups excluding carboxylic acids is 1. The predicted molar refractivity (Wildman–Crippen MR) is 106 cm³/mol. The topological polar surface area (TPSA) is 49.0 Å². The van der Waals surface area contributed by atoms with Crippen molar-refractivity contribution in [3.63, 3.8) is 0 Å². The van der Waals surface area contributed by atoms with Crippen molar-refractivity contribution in [1.82, 2.24) is 14.9 Å². The van der Waals surface area contributed by atoms with E-state index in [0.29, 0.717) is 24.7 Å². The minimum Gasteiger partial charge on any atom is -0.351 e. The number of para-hydroxylation sites is 1. The molecule has 0 atom stereocenters. The summed E-state index contributed by atoms with van der Waals surface area (Å²) in [5.41, 5.74) is 2.36. The number of likely N-dealkylation sites (tertiary alicyclic amines) is 1. The van der Waals surface area contributed by atoms with Crippen LogP contribution in [0.5, 0.6) is 0 Å². The summed E-state index contributed by atoms with van der Waals surface area (Å²) < 4.78 is 14.6. The Labute approximate surface area is 159 Å². The van der Waals surface area contributed by atoms with Crippen LogP contribution in [0.4, 0.5) is 4.39 Å². The molecule has 0 bridgehead atoms. The third kappa shape index (κ3) is 3.00. The zero-order valence-electron chi connectivity index (χ0n) is 14.6. The molecule has 27 heavy (non-hydrogen) atoms. The Balaban J connectivity index is 1.31. The van der Waals surface area contributed by atoms with Gasteiger partial charge < -0.3 is 9.88 Å². The van der Waals surface area contributed by atoms with Gasteiger partial charge in [0.25, 0.3) is 5.91 Å². The van der Waals surface area contributed by atoms with Crippen LogP contribution in [0.1, 0.15) is 34.3 Å². The number of H-pyrrole nitrogens is 1. The van der Waals surface area contributed by atoms with Gasteiger partial charge in [0.2, 0.25) is 0 Å². The number of fused-ring (bicyclic) bond motifs is 2. The van der Waals surface area contributed by atoms with E-state index in [1.807, 2.05) is 23.1 Å². The summed E-state index contributed by atoms with van der Waals surface area (Å²) in [6.45, 7) is 1.42. The summed E-state index contributed by atoms with van der Waals surface area (Å²) >= 11 is 1.76. The average molecular weight is 379 g/mol. The highest BCUT2D eigenvalue weighted by Gasteiger charge is 2.27. The molecule has 5 rings (SSSR count). The molecule has 2 aromatic heterocycles. The molecular weight excluding hydrogens is 361 g/mol. The number of rotatable bonds is 2. The molecule has 0 unspecified atom stereocenters. The highest BCUT2D eigenvalue weighted by atomic mass is 32.1. The van der Waals surface area contributed by atoms with Crippen LogP contribution >= 0.6 is 11.3 Å². The second kappa shape index (κ2) is 6.46. The number of hydrogen-bond donors (Lipinski definition) is 1. The number of carbonyl (C=O) groups is 1. The van der Waals surface area contributed by atoms with Crippen molar-refractivity contribution in [3.05, 3.63) is 65.0 Å². The van der Waals surface area contributed by atoms with Crippen molar-refractivity contribution in [2.24, 2.45) is 0 Å². The molecule has 1 aliphatic rings. The number of nitrogens with one attached hydrogen (secondary N) is 1. The fourth-order valence-corrected chi connectivity index (χ4v) is 4.92. The molecule has 0 saturated carbocycles. The van der Waals surface area contributed by atoms with E-state index in [2.05, 4.69) is 11.1 Å². The molecule has 4 aromatic rings. The van der Waals surface area contributed by atoms with Gasteiger partial charge in [-0.1, -0.05) is 12.1 Å². The van der Waals surface area contributed by atoms with Gasteiger partial charge in [0, 0.05) is 29.9 Å². The number of benzene rings is 2. The number of halogens is 1. The van der Waals surface area contributed by atoms with Gasteiger partial charge in [0.05, 0.1) is 15.2 Å². The number of amides is 1. The molecule has 1 fully saturated rings. The first kappa shape index (κ1) is 16.4. The van der Waals surface area contributed by atoms with Gasteiger partial charge in [0.15, 0.2) is 0 Å². The van der Waals surface area contributed by atoms with Gasteiger partial charge in [-0.2, -0.15) is 0 Å². The Morgan fingerprint density at radius 1 is 1.15 bits per heavy atom. The van der Waals surface area contributed by atoms with Gasteiger partial charge in [-0.05, 0) is 49.2 Å². The minimum atomic E-state index is -0.294. The predicted octanol–water partition coefficient (Wildman–Crippen LogP) is 4.94. The number of thiazole rings is 1. The monoisotopic (exact) mass is 379 g/mol. The Morgan fingerprint density at radius 2 is 1.96 bits per heavy atom. The molecule has 1 amide bonds. The summed E-state index contributed by atoms with van der Waals surface area (Å²) in [6.07, 6.45) is 1.83. The van der Waals surface area contributed by atoms with Crippen molar-refractivity contribution < 1.29 is 9.18 Å². The summed E-state index contributed by atoms with van der Waals surface area (Å²) in [5, 5.41) is 1.90. The van der Waals surface area contributed by atoms with E-state index in [1.165, 1.54) is 21.8 Å². The maximum Gasteiger partial charge on any atom is 0.270 e. The lowest BCUT2D eigenvalue weighted by molar-refractivity contribution is 0.0708. The summed E-state index contributed by atoms with van der Waals surface area (Å²) in [7, 11) is 0. The van der Waals surface area contributed by atoms with Crippen molar-refractivity contribution in [1.29, 1.82) is 0 Å². The minimum absolute atomic E-state index is 0.0191. The van der Waals surface area contributed by atoms with Crippen LogP contribution in [-0.4, -0.2) is 33.9 Å². The van der Waals surface area contributed by atoms with E-state index in [1.54, 1.807) is 23.5 Å².